The first-order valence-electron chi connectivity index (χ1n) is 4.03. The van der Waals surface area contributed by atoms with Gasteiger partial charge >= 0.3 is 77.1 Å². The van der Waals surface area contributed by atoms with Crippen LogP contribution in [0.3, 0.4) is 0 Å². The van der Waals surface area contributed by atoms with Crippen molar-refractivity contribution < 1.29 is 9.90 Å². The Hall–Kier alpha value is -0.531. The molecule has 12 heavy (non-hydrogen) atoms. The number of allylic oxidation sites excluding steroid dienone is 4. The molecule has 0 saturated carbocycles. The summed E-state index contributed by atoms with van der Waals surface area (Å²) >= 11 is 0.210. The summed E-state index contributed by atoms with van der Waals surface area (Å²) in [5, 5.41) is 8.83. The molecule has 0 amide bonds. The first-order valence-corrected chi connectivity index (χ1v) is 5.88. The van der Waals surface area contributed by atoms with Gasteiger partial charge in [-0.2, -0.15) is 0 Å². The Kier molecular flexibility index (Phi) is 2.07. The third kappa shape index (κ3) is 1.35. The van der Waals surface area contributed by atoms with E-state index in [9.17, 15) is 4.79 Å². The van der Waals surface area contributed by atoms with Crippen LogP contribution in [0.15, 0.2) is 22.7 Å². The van der Waals surface area contributed by atoms with Crippen LogP contribution in [-0.4, -0.2) is 26.0 Å². The molecule has 0 radical (unpaired) electrons. The van der Waals surface area contributed by atoms with Crippen LogP contribution in [0, 0.1) is 5.92 Å². The molecule has 64 valence electrons. The predicted octanol–water partition coefficient (Wildman–Crippen LogP) is 1.43. The van der Waals surface area contributed by atoms with E-state index in [1.165, 1.54) is 4.47 Å². The van der Waals surface area contributed by atoms with Gasteiger partial charge in [-0.25, -0.2) is 0 Å². The zero-order chi connectivity index (χ0) is 8.55. The molecule has 2 aliphatic rings. The first kappa shape index (κ1) is 8.09. The van der Waals surface area contributed by atoms with E-state index in [2.05, 4.69) is 18.2 Å². The molecule has 2 rings (SSSR count). The number of hydrogen-bond donors (Lipinski definition) is 1. The van der Waals surface area contributed by atoms with Gasteiger partial charge in [0.25, 0.3) is 0 Å². The standard InChI is InChI=1S/C9H10O2Se/c10-9(11)8-5-6-3-1-2-4-7(6)12-8/h1-2,4,6,8H,3,5H2,(H,10,11). The van der Waals surface area contributed by atoms with Gasteiger partial charge in [-0.3, -0.25) is 0 Å². The van der Waals surface area contributed by atoms with Gasteiger partial charge in [0.15, 0.2) is 0 Å². The topological polar surface area (TPSA) is 37.3 Å². The van der Waals surface area contributed by atoms with Crippen molar-refractivity contribution >= 4 is 20.9 Å². The number of rotatable bonds is 1. The summed E-state index contributed by atoms with van der Waals surface area (Å²) in [5.41, 5.74) is 0. The van der Waals surface area contributed by atoms with Crippen molar-refractivity contribution in [3.05, 3.63) is 22.7 Å². The normalized spacial score (nSPS) is 32.8. The van der Waals surface area contributed by atoms with Crippen LogP contribution in [0.4, 0.5) is 0 Å². The predicted molar refractivity (Wildman–Crippen MR) is 47.1 cm³/mol. The van der Waals surface area contributed by atoms with E-state index in [0.717, 1.165) is 12.8 Å². The maximum atomic E-state index is 10.7. The summed E-state index contributed by atoms with van der Waals surface area (Å²) in [6.45, 7) is 0. The molecule has 1 saturated heterocycles. The van der Waals surface area contributed by atoms with E-state index in [4.69, 9.17) is 5.11 Å². The van der Waals surface area contributed by atoms with Crippen LogP contribution in [0.1, 0.15) is 12.8 Å². The number of aliphatic carboxylic acids is 1. The molecule has 1 aliphatic carbocycles. The van der Waals surface area contributed by atoms with Crippen molar-refractivity contribution in [2.45, 2.75) is 17.7 Å². The molecule has 0 spiro atoms. The van der Waals surface area contributed by atoms with Crippen molar-refractivity contribution in [2.75, 3.05) is 0 Å². The number of carboxylic acid groups (broad SMARTS) is 1. The van der Waals surface area contributed by atoms with Gasteiger partial charge in [0.1, 0.15) is 0 Å². The van der Waals surface area contributed by atoms with Gasteiger partial charge in [0.05, 0.1) is 0 Å². The van der Waals surface area contributed by atoms with E-state index >= 15 is 0 Å². The van der Waals surface area contributed by atoms with Gasteiger partial charge in [0.2, 0.25) is 0 Å². The number of fused-ring (bicyclic) bond motifs is 1. The van der Waals surface area contributed by atoms with Crippen LogP contribution in [0.25, 0.3) is 0 Å². The fourth-order valence-electron chi connectivity index (χ4n) is 1.63. The summed E-state index contributed by atoms with van der Waals surface area (Å²) in [6, 6.07) is 0. The van der Waals surface area contributed by atoms with Gasteiger partial charge in [-0.05, 0) is 0 Å². The second-order valence-electron chi connectivity index (χ2n) is 3.11. The van der Waals surface area contributed by atoms with Crippen LogP contribution in [0.5, 0.6) is 0 Å². The Morgan fingerprint density at radius 2 is 2.50 bits per heavy atom. The SMILES string of the molecule is O=C(O)C1CC2CC=CC=C2[Se]1. The molecule has 1 fully saturated rings. The van der Waals surface area contributed by atoms with Crippen molar-refractivity contribution in [3.63, 3.8) is 0 Å². The quantitative estimate of drug-likeness (QED) is 0.690. The number of hydrogen-bond acceptors (Lipinski definition) is 1. The zero-order valence-electron chi connectivity index (χ0n) is 6.56. The second kappa shape index (κ2) is 3.08. The summed E-state index contributed by atoms with van der Waals surface area (Å²) in [4.78, 5) is 10.7. The molecule has 2 nitrogen and oxygen atoms in total. The fourth-order valence-corrected chi connectivity index (χ4v) is 4.36. The molecule has 0 bridgehead atoms. The minimum atomic E-state index is -0.606. The second-order valence-corrected chi connectivity index (χ2v) is 5.79. The average molecular weight is 229 g/mol. The van der Waals surface area contributed by atoms with E-state index in [1.54, 1.807) is 0 Å². The first-order chi connectivity index (χ1) is 5.77. The van der Waals surface area contributed by atoms with E-state index in [-0.39, 0.29) is 19.8 Å². The van der Waals surface area contributed by atoms with E-state index < -0.39 is 5.97 Å². The third-order valence-corrected chi connectivity index (χ3v) is 5.25. The third-order valence-electron chi connectivity index (χ3n) is 2.27. The molecule has 3 heteroatoms. The number of carbonyl (C=O) groups is 1. The Labute approximate surface area is 77.5 Å². The van der Waals surface area contributed by atoms with Crippen molar-refractivity contribution in [2.24, 2.45) is 5.92 Å². The van der Waals surface area contributed by atoms with Crippen molar-refractivity contribution in [3.8, 4) is 0 Å². The average Bonchev–Trinajstić information content (AvgIpc) is 2.46. The van der Waals surface area contributed by atoms with Crippen LogP contribution in [0.2, 0.25) is 4.82 Å². The van der Waals surface area contributed by atoms with Gasteiger partial charge in [0, 0.05) is 0 Å². The molecule has 0 aromatic heterocycles. The molecule has 0 aromatic carbocycles. The fraction of sp³-hybridized carbons (Fsp3) is 0.444. The molecular weight excluding hydrogens is 219 g/mol. The van der Waals surface area contributed by atoms with Gasteiger partial charge in [-0.15, -0.1) is 0 Å². The number of carboxylic acids is 1. The summed E-state index contributed by atoms with van der Waals surface area (Å²) < 4.78 is 1.40. The van der Waals surface area contributed by atoms with Crippen molar-refractivity contribution in [1.29, 1.82) is 0 Å². The summed E-state index contributed by atoms with van der Waals surface area (Å²) in [5.74, 6) is -0.0543. The molecule has 2 unspecified atom stereocenters. The van der Waals surface area contributed by atoms with Gasteiger partial charge < -0.3 is 0 Å². The molecule has 2 atom stereocenters. The molecule has 0 aromatic rings. The zero-order valence-corrected chi connectivity index (χ0v) is 8.28. The van der Waals surface area contributed by atoms with E-state index in [0.29, 0.717) is 5.92 Å². The Balaban J connectivity index is 2.12. The van der Waals surface area contributed by atoms with Crippen molar-refractivity contribution in [1.82, 2.24) is 0 Å². The Bertz CT molecular complexity index is 268. The molecular formula is C9H10O2Se. The maximum absolute atomic E-state index is 10.7. The van der Waals surface area contributed by atoms with E-state index in [1.807, 2.05) is 0 Å². The van der Waals surface area contributed by atoms with Crippen LogP contribution >= 0.6 is 0 Å². The monoisotopic (exact) mass is 230 g/mol. The summed E-state index contributed by atoms with van der Waals surface area (Å²) in [6.07, 6.45) is 8.21. The minimum absolute atomic E-state index is 0.0614. The van der Waals surface area contributed by atoms with Crippen LogP contribution < -0.4 is 0 Å². The van der Waals surface area contributed by atoms with Crippen LogP contribution in [-0.2, 0) is 4.79 Å². The van der Waals surface area contributed by atoms with Gasteiger partial charge in [-0.1, -0.05) is 0 Å². The Morgan fingerprint density at radius 1 is 1.67 bits per heavy atom. The molecule has 1 heterocycles. The Morgan fingerprint density at radius 3 is 3.17 bits per heavy atom. The molecule has 1 aliphatic heterocycles. The summed E-state index contributed by atoms with van der Waals surface area (Å²) in [7, 11) is 0. The molecule has 1 N–H and O–H groups in total.